The van der Waals surface area contributed by atoms with Crippen molar-refractivity contribution in [1.82, 2.24) is 10.3 Å². The van der Waals surface area contributed by atoms with Gasteiger partial charge in [0.25, 0.3) is 0 Å². The summed E-state index contributed by atoms with van der Waals surface area (Å²) in [6.07, 6.45) is 3.22. The number of nitrogens with zero attached hydrogens (tertiary/aromatic N) is 1. The van der Waals surface area contributed by atoms with Crippen LogP contribution in [-0.4, -0.2) is 23.5 Å². The standard InChI is InChI=1S/C10H15N3OS.ClH/c1-7-6-15-10(12-7)13-9(14)8-4-2-3-5-11-8;/h6,8,11H,2-5H2,1H3,(H,12,13,14);1H/t8-;/m1./s1. The fraction of sp³-hybridized carbons (Fsp3) is 0.600. The average molecular weight is 262 g/mol. The highest BCUT2D eigenvalue weighted by molar-refractivity contribution is 7.13. The molecule has 0 aromatic carbocycles. The minimum atomic E-state index is -0.0389. The number of anilines is 1. The molecule has 1 aliphatic heterocycles. The lowest BCUT2D eigenvalue weighted by atomic mass is 10.0. The number of amides is 1. The molecule has 1 atom stereocenters. The van der Waals surface area contributed by atoms with E-state index in [1.807, 2.05) is 12.3 Å². The predicted molar refractivity (Wildman–Crippen MR) is 68.4 cm³/mol. The first kappa shape index (κ1) is 13.4. The summed E-state index contributed by atoms with van der Waals surface area (Å²) in [5, 5.41) is 8.68. The van der Waals surface area contributed by atoms with Gasteiger partial charge in [0, 0.05) is 5.38 Å². The van der Waals surface area contributed by atoms with Gasteiger partial charge in [0.15, 0.2) is 5.13 Å². The Kier molecular flexibility index (Phi) is 5.18. The van der Waals surface area contributed by atoms with Crippen molar-refractivity contribution in [1.29, 1.82) is 0 Å². The molecule has 1 aliphatic rings. The normalized spacial score (nSPS) is 19.9. The Bertz CT molecular complexity index is 350. The van der Waals surface area contributed by atoms with Crippen LogP contribution in [0.15, 0.2) is 5.38 Å². The smallest absolute Gasteiger partial charge is 0.243 e. The highest BCUT2D eigenvalue weighted by Crippen LogP contribution is 2.16. The highest BCUT2D eigenvalue weighted by Gasteiger charge is 2.20. The molecular formula is C10H16ClN3OS. The van der Waals surface area contributed by atoms with E-state index in [1.165, 1.54) is 17.8 Å². The van der Waals surface area contributed by atoms with Crippen LogP contribution in [0.1, 0.15) is 25.0 Å². The van der Waals surface area contributed by atoms with Crippen LogP contribution in [0.4, 0.5) is 5.13 Å². The van der Waals surface area contributed by atoms with E-state index in [0.29, 0.717) is 5.13 Å². The number of carbonyl (C=O) groups excluding carboxylic acids is 1. The van der Waals surface area contributed by atoms with Crippen molar-refractivity contribution in [3.05, 3.63) is 11.1 Å². The molecule has 6 heteroatoms. The van der Waals surface area contributed by atoms with Crippen molar-refractivity contribution < 1.29 is 4.79 Å². The maximum atomic E-state index is 11.8. The number of rotatable bonds is 2. The summed E-state index contributed by atoms with van der Waals surface area (Å²) in [6, 6.07) is -0.0389. The van der Waals surface area contributed by atoms with Crippen LogP contribution in [0, 0.1) is 6.92 Å². The maximum Gasteiger partial charge on any atom is 0.243 e. The zero-order valence-corrected chi connectivity index (χ0v) is 10.8. The fourth-order valence-corrected chi connectivity index (χ4v) is 2.37. The Hall–Kier alpha value is -0.650. The van der Waals surface area contributed by atoms with E-state index >= 15 is 0 Å². The number of hydrogen-bond acceptors (Lipinski definition) is 4. The quantitative estimate of drug-likeness (QED) is 0.856. The summed E-state index contributed by atoms with van der Waals surface area (Å²) < 4.78 is 0. The van der Waals surface area contributed by atoms with Gasteiger partial charge in [-0.3, -0.25) is 4.79 Å². The molecule has 1 amide bonds. The molecule has 2 N–H and O–H groups in total. The summed E-state index contributed by atoms with van der Waals surface area (Å²) >= 11 is 1.47. The predicted octanol–water partition coefficient (Wildman–Crippen LogP) is 1.95. The Labute approximate surface area is 105 Å². The zero-order valence-electron chi connectivity index (χ0n) is 9.16. The van der Waals surface area contributed by atoms with E-state index in [2.05, 4.69) is 15.6 Å². The maximum absolute atomic E-state index is 11.8. The number of piperidine rings is 1. The second kappa shape index (κ2) is 6.18. The van der Waals surface area contributed by atoms with Crippen molar-refractivity contribution in [2.75, 3.05) is 11.9 Å². The summed E-state index contributed by atoms with van der Waals surface area (Å²) in [4.78, 5) is 16.0. The third kappa shape index (κ3) is 3.43. The molecule has 0 spiro atoms. The fourth-order valence-electron chi connectivity index (χ4n) is 1.68. The first-order valence-corrected chi connectivity index (χ1v) is 6.10. The third-order valence-corrected chi connectivity index (χ3v) is 3.35. The molecule has 0 bridgehead atoms. The number of aryl methyl sites for hydroxylation is 1. The molecule has 2 rings (SSSR count). The molecule has 0 saturated carbocycles. The molecule has 1 fully saturated rings. The van der Waals surface area contributed by atoms with Gasteiger partial charge in [0.05, 0.1) is 11.7 Å². The molecule has 0 unspecified atom stereocenters. The van der Waals surface area contributed by atoms with E-state index in [4.69, 9.17) is 0 Å². The first-order valence-electron chi connectivity index (χ1n) is 5.22. The van der Waals surface area contributed by atoms with Crippen molar-refractivity contribution >= 4 is 34.8 Å². The molecule has 1 aromatic rings. The molecule has 4 nitrogen and oxygen atoms in total. The largest absolute Gasteiger partial charge is 0.306 e. The van der Waals surface area contributed by atoms with Crippen molar-refractivity contribution in [3.8, 4) is 0 Å². The van der Waals surface area contributed by atoms with E-state index in [9.17, 15) is 4.79 Å². The molecule has 1 aromatic heterocycles. The Morgan fingerprint density at radius 1 is 1.62 bits per heavy atom. The number of carbonyl (C=O) groups is 1. The van der Waals surface area contributed by atoms with Gasteiger partial charge in [-0.05, 0) is 26.3 Å². The number of thiazole rings is 1. The van der Waals surface area contributed by atoms with Gasteiger partial charge >= 0.3 is 0 Å². The summed E-state index contributed by atoms with van der Waals surface area (Å²) in [5.41, 5.74) is 0.951. The van der Waals surface area contributed by atoms with E-state index < -0.39 is 0 Å². The third-order valence-electron chi connectivity index (χ3n) is 2.48. The van der Waals surface area contributed by atoms with Gasteiger partial charge in [0.2, 0.25) is 5.91 Å². The topological polar surface area (TPSA) is 54.0 Å². The second-order valence-corrected chi connectivity index (χ2v) is 4.64. The lowest BCUT2D eigenvalue weighted by Gasteiger charge is -2.21. The van der Waals surface area contributed by atoms with Crippen LogP contribution >= 0.6 is 23.7 Å². The summed E-state index contributed by atoms with van der Waals surface area (Å²) in [7, 11) is 0. The van der Waals surface area contributed by atoms with Crippen molar-refractivity contribution in [3.63, 3.8) is 0 Å². The molecule has 2 heterocycles. The van der Waals surface area contributed by atoms with Gasteiger partial charge in [-0.1, -0.05) is 6.42 Å². The number of nitrogens with one attached hydrogen (secondary N) is 2. The minimum Gasteiger partial charge on any atom is -0.306 e. The van der Waals surface area contributed by atoms with Gasteiger partial charge in [-0.2, -0.15) is 0 Å². The summed E-state index contributed by atoms with van der Waals surface area (Å²) in [6.45, 7) is 2.86. The van der Waals surface area contributed by atoms with Crippen molar-refractivity contribution in [2.24, 2.45) is 0 Å². The van der Waals surface area contributed by atoms with E-state index in [1.54, 1.807) is 0 Å². The van der Waals surface area contributed by atoms with Crippen LogP contribution in [0.25, 0.3) is 0 Å². The van der Waals surface area contributed by atoms with Crippen LogP contribution in [-0.2, 0) is 4.79 Å². The van der Waals surface area contributed by atoms with Gasteiger partial charge in [-0.25, -0.2) is 4.98 Å². The number of aromatic nitrogens is 1. The monoisotopic (exact) mass is 261 g/mol. The van der Waals surface area contributed by atoms with Gasteiger partial charge < -0.3 is 10.6 Å². The highest BCUT2D eigenvalue weighted by atomic mass is 35.5. The number of hydrogen-bond donors (Lipinski definition) is 2. The summed E-state index contributed by atoms with van der Waals surface area (Å²) in [5.74, 6) is 0.0454. The lowest BCUT2D eigenvalue weighted by molar-refractivity contribution is -0.118. The molecule has 90 valence electrons. The van der Waals surface area contributed by atoms with E-state index in [-0.39, 0.29) is 24.4 Å². The minimum absolute atomic E-state index is 0. The molecule has 0 radical (unpaired) electrons. The van der Waals surface area contributed by atoms with Crippen LogP contribution in [0.3, 0.4) is 0 Å². The zero-order chi connectivity index (χ0) is 10.7. The Morgan fingerprint density at radius 3 is 3.00 bits per heavy atom. The molecule has 1 saturated heterocycles. The Balaban J connectivity index is 0.00000128. The molecule has 0 aliphatic carbocycles. The molecule has 16 heavy (non-hydrogen) atoms. The first-order chi connectivity index (χ1) is 7.25. The van der Waals surface area contributed by atoms with Gasteiger partial charge in [-0.15, -0.1) is 23.7 Å². The van der Waals surface area contributed by atoms with Crippen LogP contribution in [0.2, 0.25) is 0 Å². The van der Waals surface area contributed by atoms with Crippen LogP contribution in [0.5, 0.6) is 0 Å². The second-order valence-electron chi connectivity index (χ2n) is 3.79. The SMILES string of the molecule is Cc1csc(NC(=O)[C@H]2CCCCN2)n1.Cl. The van der Waals surface area contributed by atoms with Gasteiger partial charge in [0.1, 0.15) is 0 Å². The molecular weight excluding hydrogens is 246 g/mol. The van der Waals surface area contributed by atoms with E-state index in [0.717, 1.165) is 25.1 Å². The lowest BCUT2D eigenvalue weighted by Crippen LogP contribution is -2.43. The van der Waals surface area contributed by atoms with Crippen LogP contribution < -0.4 is 10.6 Å². The van der Waals surface area contributed by atoms with Crippen molar-refractivity contribution in [2.45, 2.75) is 32.2 Å². The Morgan fingerprint density at radius 2 is 2.44 bits per heavy atom. The average Bonchev–Trinajstić information content (AvgIpc) is 2.65. The number of halogens is 1.